The lowest BCUT2D eigenvalue weighted by Crippen LogP contribution is -1.84. The summed E-state index contributed by atoms with van der Waals surface area (Å²) in [6.45, 7) is 0. The molecule has 0 aliphatic carbocycles. The van der Waals surface area contributed by atoms with Gasteiger partial charge in [0.2, 0.25) is 0 Å². The van der Waals surface area contributed by atoms with E-state index in [-0.39, 0.29) is 0 Å². The van der Waals surface area contributed by atoms with Gasteiger partial charge in [-0.1, -0.05) is 0 Å². The lowest BCUT2D eigenvalue weighted by Gasteiger charge is -1.95. The topological polar surface area (TPSA) is 38.7 Å². The van der Waals surface area contributed by atoms with Gasteiger partial charge in [0.1, 0.15) is 6.20 Å². The van der Waals surface area contributed by atoms with E-state index in [0.29, 0.717) is 0 Å². The fourth-order valence-corrected chi connectivity index (χ4v) is 0.927. The summed E-state index contributed by atoms with van der Waals surface area (Å²) < 4.78 is 0. The molecule has 0 aliphatic heterocycles. The van der Waals surface area contributed by atoms with Crippen LogP contribution in [-0.2, 0) is 0 Å². The molecular formula is C9H6N3. The molecule has 0 atom stereocenters. The zero-order valence-electron chi connectivity index (χ0n) is 6.31. The lowest BCUT2D eigenvalue weighted by molar-refractivity contribution is 1.18. The van der Waals surface area contributed by atoms with E-state index in [0.717, 1.165) is 11.3 Å². The fraction of sp³-hybridized carbons (Fsp3) is 0. The quantitative estimate of drug-likeness (QED) is 0.625. The third-order valence-corrected chi connectivity index (χ3v) is 1.48. The maximum atomic E-state index is 4.09. The van der Waals surface area contributed by atoms with Crippen molar-refractivity contribution in [3.63, 3.8) is 0 Å². The van der Waals surface area contributed by atoms with Gasteiger partial charge in [-0.2, -0.15) is 0 Å². The van der Waals surface area contributed by atoms with Crippen LogP contribution in [0.25, 0.3) is 11.3 Å². The van der Waals surface area contributed by atoms with Gasteiger partial charge < -0.3 is 0 Å². The first-order chi connectivity index (χ1) is 5.97. The number of pyridine rings is 1. The van der Waals surface area contributed by atoms with Crippen molar-refractivity contribution in [3.05, 3.63) is 43.1 Å². The Balaban J connectivity index is 2.46. The number of hydrogen-bond donors (Lipinski definition) is 0. The van der Waals surface area contributed by atoms with Gasteiger partial charge in [-0.15, -0.1) is 0 Å². The Bertz CT molecular complexity index is 307. The first-order valence-electron chi connectivity index (χ1n) is 3.55. The van der Waals surface area contributed by atoms with Crippen LogP contribution in [-0.4, -0.2) is 15.0 Å². The molecule has 2 rings (SSSR count). The minimum absolute atomic E-state index is 0.821. The molecule has 0 aromatic carbocycles. The van der Waals surface area contributed by atoms with Gasteiger partial charge in [-0.3, -0.25) is 15.0 Å². The smallest absolute Gasteiger partial charge is 0.109 e. The lowest BCUT2D eigenvalue weighted by atomic mass is 10.2. The molecule has 0 unspecified atom stereocenters. The van der Waals surface area contributed by atoms with Gasteiger partial charge in [-0.05, 0) is 12.1 Å². The predicted octanol–water partition coefficient (Wildman–Crippen LogP) is 1.34. The van der Waals surface area contributed by atoms with E-state index < -0.39 is 0 Å². The average molecular weight is 156 g/mol. The highest BCUT2D eigenvalue weighted by atomic mass is 14.8. The molecule has 2 heterocycles. The summed E-state index contributed by atoms with van der Waals surface area (Å²) in [6, 6.07) is 3.81. The number of hydrogen-bond acceptors (Lipinski definition) is 3. The summed E-state index contributed by atoms with van der Waals surface area (Å²) in [6.07, 6.45) is 9.31. The zero-order valence-corrected chi connectivity index (χ0v) is 6.31. The van der Waals surface area contributed by atoms with Crippen LogP contribution in [0.4, 0.5) is 0 Å². The van der Waals surface area contributed by atoms with E-state index in [2.05, 4.69) is 21.1 Å². The third kappa shape index (κ3) is 1.29. The molecule has 0 fully saturated rings. The predicted molar refractivity (Wildman–Crippen MR) is 44.1 cm³/mol. The normalized spacial score (nSPS) is 9.67. The van der Waals surface area contributed by atoms with Crippen LogP contribution in [0.3, 0.4) is 0 Å². The molecule has 12 heavy (non-hydrogen) atoms. The van der Waals surface area contributed by atoms with E-state index in [9.17, 15) is 0 Å². The molecular weight excluding hydrogens is 150 g/mol. The van der Waals surface area contributed by atoms with E-state index in [1.807, 2.05) is 12.1 Å². The summed E-state index contributed by atoms with van der Waals surface area (Å²) in [5, 5.41) is 0. The highest BCUT2D eigenvalue weighted by Gasteiger charge is 1.95. The minimum Gasteiger partial charge on any atom is -0.264 e. The number of nitrogens with zero attached hydrogens (tertiary/aromatic N) is 3. The molecule has 0 spiro atoms. The fourth-order valence-electron chi connectivity index (χ4n) is 0.927. The second-order valence-corrected chi connectivity index (χ2v) is 2.27. The van der Waals surface area contributed by atoms with Crippen LogP contribution in [0.2, 0.25) is 0 Å². The Labute approximate surface area is 70.1 Å². The Hall–Kier alpha value is -1.77. The van der Waals surface area contributed by atoms with Crippen LogP contribution >= 0.6 is 0 Å². The second kappa shape index (κ2) is 3.09. The Morgan fingerprint density at radius 1 is 1.25 bits per heavy atom. The van der Waals surface area contributed by atoms with E-state index in [1.54, 1.807) is 24.8 Å². The highest BCUT2D eigenvalue weighted by Crippen LogP contribution is 2.11. The first kappa shape index (κ1) is 6.91. The first-order valence-corrected chi connectivity index (χ1v) is 3.55. The van der Waals surface area contributed by atoms with Gasteiger partial charge in [0.05, 0.1) is 18.1 Å². The van der Waals surface area contributed by atoms with Gasteiger partial charge in [-0.25, -0.2) is 0 Å². The van der Waals surface area contributed by atoms with Gasteiger partial charge in [0, 0.05) is 18.0 Å². The molecule has 0 saturated carbocycles. The standard InChI is InChI=1S/C9H6N3/c1-2-8(6-10-3-1)9-7-11-4-5-12-9/h1-3,5-7H. The van der Waals surface area contributed by atoms with Crippen LogP contribution in [0.15, 0.2) is 36.9 Å². The number of rotatable bonds is 1. The van der Waals surface area contributed by atoms with Crippen molar-refractivity contribution in [1.29, 1.82) is 0 Å². The molecule has 0 amide bonds. The third-order valence-electron chi connectivity index (χ3n) is 1.48. The molecule has 0 bridgehead atoms. The summed E-state index contributed by atoms with van der Waals surface area (Å²) >= 11 is 0. The van der Waals surface area contributed by atoms with Crippen molar-refractivity contribution >= 4 is 0 Å². The van der Waals surface area contributed by atoms with Crippen LogP contribution < -0.4 is 0 Å². The van der Waals surface area contributed by atoms with Crippen molar-refractivity contribution < 1.29 is 0 Å². The molecule has 0 saturated heterocycles. The Morgan fingerprint density at radius 2 is 2.25 bits per heavy atom. The minimum atomic E-state index is 0.821. The molecule has 0 aliphatic rings. The molecule has 3 nitrogen and oxygen atoms in total. The Morgan fingerprint density at radius 3 is 2.92 bits per heavy atom. The van der Waals surface area contributed by atoms with Crippen LogP contribution in [0, 0.1) is 6.20 Å². The highest BCUT2D eigenvalue weighted by molar-refractivity contribution is 5.55. The summed E-state index contributed by atoms with van der Waals surface area (Å²) in [7, 11) is 0. The zero-order chi connectivity index (χ0) is 8.23. The van der Waals surface area contributed by atoms with E-state index in [4.69, 9.17) is 0 Å². The van der Waals surface area contributed by atoms with Crippen molar-refractivity contribution in [2.24, 2.45) is 0 Å². The van der Waals surface area contributed by atoms with Crippen LogP contribution in [0.1, 0.15) is 0 Å². The largest absolute Gasteiger partial charge is 0.264 e. The molecule has 3 heteroatoms. The van der Waals surface area contributed by atoms with Gasteiger partial charge in [0.15, 0.2) is 0 Å². The van der Waals surface area contributed by atoms with E-state index >= 15 is 0 Å². The van der Waals surface area contributed by atoms with Crippen molar-refractivity contribution in [1.82, 2.24) is 15.0 Å². The second-order valence-electron chi connectivity index (χ2n) is 2.27. The van der Waals surface area contributed by atoms with Crippen LogP contribution in [0.5, 0.6) is 0 Å². The molecule has 2 aromatic heterocycles. The maximum absolute atomic E-state index is 4.09. The number of aromatic nitrogens is 3. The molecule has 0 N–H and O–H groups in total. The summed E-state index contributed by atoms with van der Waals surface area (Å²) in [4.78, 5) is 11.9. The van der Waals surface area contributed by atoms with Crippen molar-refractivity contribution in [2.45, 2.75) is 0 Å². The van der Waals surface area contributed by atoms with Crippen molar-refractivity contribution in [2.75, 3.05) is 0 Å². The molecule has 57 valence electrons. The van der Waals surface area contributed by atoms with Crippen molar-refractivity contribution in [3.8, 4) is 11.3 Å². The van der Waals surface area contributed by atoms with Gasteiger partial charge >= 0.3 is 0 Å². The summed E-state index contributed by atoms with van der Waals surface area (Å²) in [5.41, 5.74) is 1.79. The Kier molecular flexibility index (Phi) is 1.78. The average Bonchev–Trinajstić information content (AvgIpc) is 2.21. The van der Waals surface area contributed by atoms with E-state index in [1.165, 1.54) is 0 Å². The maximum Gasteiger partial charge on any atom is 0.109 e. The molecule has 2 aromatic rings. The SMILES string of the molecule is [c]1cnc(-c2cccnc2)cn1. The molecule has 1 radical (unpaired) electrons. The summed E-state index contributed by atoms with van der Waals surface area (Å²) in [5.74, 6) is 0. The monoisotopic (exact) mass is 156 g/mol. The van der Waals surface area contributed by atoms with Gasteiger partial charge in [0.25, 0.3) is 0 Å².